The molecule has 0 atom stereocenters. The molecular formula is C25H18Br2O5. The number of phenolic OH excluding ortho intramolecular Hbond substituents is 1. The number of esters is 1. The third kappa shape index (κ3) is 4.49. The second kappa shape index (κ2) is 9.30. The highest BCUT2D eigenvalue weighted by atomic mass is 79.9. The zero-order valence-corrected chi connectivity index (χ0v) is 20.2. The van der Waals surface area contributed by atoms with Gasteiger partial charge in [-0.15, -0.1) is 0 Å². The molecule has 0 bridgehead atoms. The monoisotopic (exact) mass is 556 g/mol. The Kier molecular flexibility index (Phi) is 6.48. The molecule has 3 aromatic carbocycles. The molecule has 4 aromatic rings. The summed E-state index contributed by atoms with van der Waals surface area (Å²) in [5, 5.41) is 11.0. The molecule has 0 saturated carbocycles. The number of ketones is 1. The summed E-state index contributed by atoms with van der Waals surface area (Å²) in [6.07, 6.45) is 1.31. The molecule has 5 nitrogen and oxygen atoms in total. The molecule has 1 N–H and O–H groups in total. The van der Waals surface area contributed by atoms with Crippen LogP contribution in [0.1, 0.15) is 45.4 Å². The Labute approximate surface area is 201 Å². The van der Waals surface area contributed by atoms with Gasteiger partial charge in [0, 0.05) is 32.4 Å². The summed E-state index contributed by atoms with van der Waals surface area (Å²) in [7, 11) is 0. The van der Waals surface area contributed by atoms with Crippen molar-refractivity contribution in [1.29, 1.82) is 0 Å². The van der Waals surface area contributed by atoms with E-state index in [0.717, 1.165) is 15.4 Å². The van der Waals surface area contributed by atoms with Crippen molar-refractivity contribution in [3.05, 3.63) is 92.1 Å². The van der Waals surface area contributed by atoms with Crippen LogP contribution < -0.4 is 4.74 Å². The summed E-state index contributed by atoms with van der Waals surface area (Å²) in [5.74, 6) is -0.588. The number of hydrogen-bond donors (Lipinski definition) is 1. The normalized spacial score (nSPS) is 11.0. The van der Waals surface area contributed by atoms with Gasteiger partial charge in [0.05, 0.1) is 11.1 Å². The van der Waals surface area contributed by atoms with Gasteiger partial charge in [0.1, 0.15) is 11.3 Å². The molecule has 0 amide bonds. The van der Waals surface area contributed by atoms with E-state index in [0.29, 0.717) is 39.8 Å². The van der Waals surface area contributed by atoms with Crippen molar-refractivity contribution >= 4 is 54.6 Å². The van der Waals surface area contributed by atoms with E-state index >= 15 is 0 Å². The molecule has 32 heavy (non-hydrogen) atoms. The number of benzene rings is 3. The van der Waals surface area contributed by atoms with Gasteiger partial charge in [-0.05, 0) is 42.8 Å². The molecule has 0 aliphatic heterocycles. The van der Waals surface area contributed by atoms with E-state index in [2.05, 4.69) is 31.9 Å². The molecule has 162 valence electrons. The number of aryl methyl sites for hydroxylation is 1. The van der Waals surface area contributed by atoms with Crippen molar-refractivity contribution < 1.29 is 23.8 Å². The number of carbonyl (C=O) groups is 2. The molecule has 0 aliphatic rings. The Balaban J connectivity index is 1.78. The number of carbonyl (C=O) groups excluding carboxylic acids is 2. The van der Waals surface area contributed by atoms with Gasteiger partial charge < -0.3 is 14.3 Å². The Hall–Kier alpha value is -2.90. The second-order valence-electron chi connectivity index (χ2n) is 7.21. The first kappa shape index (κ1) is 22.3. The second-order valence-corrected chi connectivity index (χ2v) is 9.04. The van der Waals surface area contributed by atoms with Crippen molar-refractivity contribution in [2.45, 2.75) is 19.8 Å². The number of rotatable bonds is 6. The maximum Gasteiger partial charge on any atom is 0.343 e. The molecule has 4 rings (SSSR count). The molecule has 0 saturated heterocycles. The van der Waals surface area contributed by atoms with Gasteiger partial charge in [0.25, 0.3) is 0 Å². The van der Waals surface area contributed by atoms with Crippen LogP contribution in [0, 0.1) is 0 Å². The van der Waals surface area contributed by atoms with E-state index in [1.165, 1.54) is 12.1 Å². The average molecular weight is 558 g/mol. The molecule has 0 radical (unpaired) electrons. The lowest BCUT2D eigenvalue weighted by Gasteiger charge is -2.07. The van der Waals surface area contributed by atoms with Crippen LogP contribution in [0.3, 0.4) is 0 Å². The van der Waals surface area contributed by atoms with Gasteiger partial charge in [0.2, 0.25) is 0 Å². The van der Waals surface area contributed by atoms with Crippen molar-refractivity contribution in [1.82, 2.24) is 0 Å². The quantitative estimate of drug-likeness (QED) is 0.156. The first-order chi connectivity index (χ1) is 15.4. The Morgan fingerprint density at radius 1 is 0.969 bits per heavy atom. The highest BCUT2D eigenvalue weighted by molar-refractivity contribution is 9.11. The lowest BCUT2D eigenvalue weighted by atomic mass is 9.98. The Morgan fingerprint density at radius 3 is 2.31 bits per heavy atom. The molecule has 0 spiro atoms. The van der Waals surface area contributed by atoms with Crippen molar-refractivity contribution in [2.75, 3.05) is 0 Å². The smallest absolute Gasteiger partial charge is 0.343 e. The van der Waals surface area contributed by atoms with Crippen molar-refractivity contribution in [2.24, 2.45) is 0 Å². The summed E-state index contributed by atoms with van der Waals surface area (Å²) in [5.41, 5.74) is 1.59. The lowest BCUT2D eigenvalue weighted by Crippen LogP contribution is -2.08. The van der Waals surface area contributed by atoms with E-state index in [1.807, 2.05) is 13.0 Å². The minimum absolute atomic E-state index is 0.0349. The van der Waals surface area contributed by atoms with E-state index < -0.39 is 5.97 Å². The molecule has 0 aliphatic carbocycles. The first-order valence-electron chi connectivity index (χ1n) is 9.93. The molecule has 0 unspecified atom stereocenters. The SMILES string of the molecule is CCCc1oc2cc(OC(=O)c3ccccc3)c(O)cc2c1C(=O)c1cc(Br)cc(Br)c1. The fourth-order valence-electron chi connectivity index (χ4n) is 3.46. The summed E-state index contributed by atoms with van der Waals surface area (Å²) in [6, 6.07) is 16.6. The predicted octanol–water partition coefficient (Wildman–Crippen LogP) is 7.07. The standard InChI is InChI=1S/C25H18Br2O5/c1-2-6-20-23(24(29)15-9-16(26)11-17(27)10-15)18-12-19(28)22(13-21(18)31-20)32-25(30)14-7-4-3-5-8-14/h3-5,7-13,28H,2,6H2,1H3. The van der Waals surface area contributed by atoms with Crippen LogP contribution in [0.25, 0.3) is 11.0 Å². The summed E-state index contributed by atoms with van der Waals surface area (Å²) >= 11 is 6.83. The van der Waals surface area contributed by atoms with Gasteiger partial charge in [-0.1, -0.05) is 57.0 Å². The fraction of sp³-hybridized carbons (Fsp3) is 0.120. The maximum absolute atomic E-state index is 13.4. The number of fused-ring (bicyclic) bond motifs is 1. The third-order valence-electron chi connectivity index (χ3n) is 4.88. The van der Waals surface area contributed by atoms with Gasteiger partial charge in [-0.3, -0.25) is 4.79 Å². The number of halogens is 2. The van der Waals surface area contributed by atoms with E-state index in [4.69, 9.17) is 9.15 Å². The fourth-order valence-corrected chi connectivity index (χ4v) is 4.75. The van der Waals surface area contributed by atoms with E-state index in [9.17, 15) is 14.7 Å². The minimum Gasteiger partial charge on any atom is -0.504 e. The van der Waals surface area contributed by atoms with Crippen LogP contribution in [-0.4, -0.2) is 16.9 Å². The summed E-state index contributed by atoms with van der Waals surface area (Å²) < 4.78 is 12.9. The van der Waals surface area contributed by atoms with Crippen LogP contribution in [0.4, 0.5) is 0 Å². The average Bonchev–Trinajstić information content (AvgIpc) is 3.10. The van der Waals surface area contributed by atoms with Gasteiger partial charge in [0.15, 0.2) is 17.3 Å². The van der Waals surface area contributed by atoms with Crippen LogP contribution >= 0.6 is 31.9 Å². The highest BCUT2D eigenvalue weighted by Crippen LogP contribution is 2.38. The molecule has 0 fully saturated rings. The third-order valence-corrected chi connectivity index (χ3v) is 5.80. The van der Waals surface area contributed by atoms with Gasteiger partial charge in [-0.25, -0.2) is 4.79 Å². The number of hydrogen-bond acceptors (Lipinski definition) is 5. The number of furan rings is 1. The summed E-state index contributed by atoms with van der Waals surface area (Å²) in [6.45, 7) is 1.99. The van der Waals surface area contributed by atoms with E-state index in [-0.39, 0.29) is 17.3 Å². The van der Waals surface area contributed by atoms with Crippen molar-refractivity contribution in [3.8, 4) is 11.5 Å². The first-order valence-corrected chi connectivity index (χ1v) is 11.5. The van der Waals surface area contributed by atoms with Gasteiger partial charge >= 0.3 is 5.97 Å². The Morgan fingerprint density at radius 2 is 1.66 bits per heavy atom. The topological polar surface area (TPSA) is 76.7 Å². The Bertz CT molecular complexity index is 1310. The largest absolute Gasteiger partial charge is 0.504 e. The number of ether oxygens (including phenoxy) is 1. The molecule has 7 heteroatoms. The van der Waals surface area contributed by atoms with E-state index in [1.54, 1.807) is 42.5 Å². The van der Waals surface area contributed by atoms with Gasteiger partial charge in [-0.2, -0.15) is 0 Å². The molecule has 1 aromatic heterocycles. The minimum atomic E-state index is -0.601. The summed E-state index contributed by atoms with van der Waals surface area (Å²) in [4.78, 5) is 25.8. The van der Waals surface area contributed by atoms with Crippen LogP contribution in [-0.2, 0) is 6.42 Å². The number of aromatic hydroxyl groups is 1. The molecule has 1 heterocycles. The number of phenols is 1. The maximum atomic E-state index is 13.4. The highest BCUT2D eigenvalue weighted by Gasteiger charge is 2.24. The lowest BCUT2D eigenvalue weighted by molar-refractivity contribution is 0.0729. The zero-order valence-electron chi connectivity index (χ0n) is 17.0. The van der Waals surface area contributed by atoms with Crippen LogP contribution in [0.15, 0.2) is 74.0 Å². The zero-order chi connectivity index (χ0) is 22.8. The molecular weight excluding hydrogens is 540 g/mol. The van der Waals surface area contributed by atoms with Crippen LogP contribution in [0.2, 0.25) is 0 Å². The van der Waals surface area contributed by atoms with Crippen LogP contribution in [0.5, 0.6) is 11.5 Å². The predicted molar refractivity (Wildman–Crippen MR) is 129 cm³/mol. The van der Waals surface area contributed by atoms with Crippen molar-refractivity contribution in [3.63, 3.8) is 0 Å².